The van der Waals surface area contributed by atoms with Crippen molar-refractivity contribution in [2.24, 2.45) is 0 Å². The second kappa shape index (κ2) is 6.36. The quantitative estimate of drug-likeness (QED) is 0.872. The number of pyridine rings is 1. The fourth-order valence-electron chi connectivity index (χ4n) is 2.48. The number of carboxylic acid groups (broad SMARTS) is 1. The highest BCUT2D eigenvalue weighted by atomic mass is 32.2. The third-order valence-corrected chi connectivity index (χ3v) is 4.50. The third kappa shape index (κ3) is 3.14. The van der Waals surface area contributed by atoms with E-state index < -0.39 is 5.97 Å². The number of aromatic nitrogens is 2. The maximum Gasteiger partial charge on any atom is 0.356 e. The molecule has 3 heterocycles. The number of carboxylic acids is 1. The van der Waals surface area contributed by atoms with Crippen molar-refractivity contribution in [3.05, 3.63) is 30.1 Å². The second-order valence-corrected chi connectivity index (χ2v) is 6.15. The van der Waals surface area contributed by atoms with Gasteiger partial charge < -0.3 is 10.4 Å². The van der Waals surface area contributed by atoms with E-state index in [1.807, 2.05) is 17.8 Å². The summed E-state index contributed by atoms with van der Waals surface area (Å²) in [4.78, 5) is 18.2. The number of rotatable bonds is 5. The summed E-state index contributed by atoms with van der Waals surface area (Å²) in [6.07, 6.45) is 1.72. The molecule has 2 aromatic heterocycles. The third-order valence-electron chi connectivity index (χ3n) is 3.56. The minimum absolute atomic E-state index is 0.194. The van der Waals surface area contributed by atoms with E-state index in [1.165, 1.54) is 11.5 Å². The van der Waals surface area contributed by atoms with Crippen molar-refractivity contribution < 1.29 is 9.90 Å². The highest BCUT2D eigenvalue weighted by Crippen LogP contribution is 2.17. The zero-order valence-electron chi connectivity index (χ0n) is 11.7. The van der Waals surface area contributed by atoms with Crippen LogP contribution in [0.25, 0.3) is 5.65 Å². The molecule has 0 bridgehead atoms. The molecule has 2 N–H and O–H groups in total. The van der Waals surface area contributed by atoms with Crippen LogP contribution >= 0.6 is 11.8 Å². The zero-order chi connectivity index (χ0) is 14.7. The van der Waals surface area contributed by atoms with Crippen molar-refractivity contribution >= 4 is 29.2 Å². The molecule has 0 amide bonds. The van der Waals surface area contributed by atoms with Crippen molar-refractivity contribution in [1.82, 2.24) is 14.3 Å². The molecule has 6 nitrogen and oxygen atoms in total. The van der Waals surface area contributed by atoms with E-state index in [9.17, 15) is 9.90 Å². The van der Waals surface area contributed by atoms with Gasteiger partial charge >= 0.3 is 5.97 Å². The number of carbonyl (C=O) groups is 1. The summed E-state index contributed by atoms with van der Waals surface area (Å²) in [5, 5.41) is 12.6. The smallest absolute Gasteiger partial charge is 0.356 e. The van der Waals surface area contributed by atoms with Gasteiger partial charge in [0, 0.05) is 43.9 Å². The number of nitrogens with zero attached hydrogens (tertiary/aromatic N) is 3. The van der Waals surface area contributed by atoms with E-state index >= 15 is 0 Å². The molecule has 0 aromatic carbocycles. The first-order valence-electron chi connectivity index (χ1n) is 7.00. The first-order valence-corrected chi connectivity index (χ1v) is 8.15. The van der Waals surface area contributed by atoms with Crippen molar-refractivity contribution in [3.8, 4) is 0 Å². The largest absolute Gasteiger partial charge is 0.476 e. The summed E-state index contributed by atoms with van der Waals surface area (Å²) >= 11 is 1.98. The van der Waals surface area contributed by atoms with Gasteiger partial charge in [0.25, 0.3) is 0 Å². The summed E-state index contributed by atoms with van der Waals surface area (Å²) in [6.45, 7) is 3.81. The van der Waals surface area contributed by atoms with Crippen LogP contribution in [0.15, 0.2) is 24.4 Å². The predicted octanol–water partition coefficient (Wildman–Crippen LogP) is 1.49. The molecule has 0 unspecified atom stereocenters. The standard InChI is InChI=1S/C14H18N4O2S/c19-14(20)12-13(16-11-3-1-2-5-18(11)12)15-4-6-17-7-9-21-10-8-17/h1-3,5,15H,4,6-10H2,(H,19,20). The monoisotopic (exact) mass is 306 g/mol. The first-order chi connectivity index (χ1) is 10.3. The van der Waals surface area contributed by atoms with Gasteiger partial charge in [0.15, 0.2) is 11.5 Å². The summed E-state index contributed by atoms with van der Waals surface area (Å²) in [5.74, 6) is 1.83. The summed E-state index contributed by atoms with van der Waals surface area (Å²) in [5.41, 5.74) is 0.839. The lowest BCUT2D eigenvalue weighted by atomic mass is 10.4. The molecule has 1 aliphatic rings. The van der Waals surface area contributed by atoms with Crippen molar-refractivity contribution in [1.29, 1.82) is 0 Å². The Morgan fingerprint density at radius 3 is 2.95 bits per heavy atom. The van der Waals surface area contributed by atoms with E-state index in [4.69, 9.17) is 0 Å². The lowest BCUT2D eigenvalue weighted by Gasteiger charge is -2.26. The molecular weight excluding hydrogens is 288 g/mol. The van der Waals surface area contributed by atoms with Crippen LogP contribution in [-0.2, 0) is 0 Å². The molecule has 0 saturated carbocycles. The Balaban J connectivity index is 1.71. The fourth-order valence-corrected chi connectivity index (χ4v) is 3.46. The number of imidazole rings is 1. The molecule has 1 fully saturated rings. The molecule has 7 heteroatoms. The molecule has 0 spiro atoms. The van der Waals surface area contributed by atoms with Crippen LogP contribution in [0.5, 0.6) is 0 Å². The zero-order valence-corrected chi connectivity index (χ0v) is 12.5. The molecule has 112 valence electrons. The van der Waals surface area contributed by atoms with Crippen LogP contribution in [-0.4, -0.2) is 63.0 Å². The Morgan fingerprint density at radius 1 is 1.38 bits per heavy atom. The lowest BCUT2D eigenvalue weighted by molar-refractivity contribution is 0.0690. The fraction of sp³-hybridized carbons (Fsp3) is 0.429. The molecule has 1 saturated heterocycles. The van der Waals surface area contributed by atoms with E-state index in [-0.39, 0.29) is 5.69 Å². The predicted molar refractivity (Wildman–Crippen MR) is 84.4 cm³/mol. The average molecular weight is 306 g/mol. The first kappa shape index (κ1) is 14.2. The SMILES string of the molecule is O=C(O)c1c(NCCN2CCSCC2)nc2ccccn12. The average Bonchev–Trinajstić information content (AvgIpc) is 2.86. The maximum atomic E-state index is 11.4. The molecule has 3 rings (SSSR count). The van der Waals surface area contributed by atoms with Gasteiger partial charge in [-0.25, -0.2) is 9.78 Å². The van der Waals surface area contributed by atoms with Gasteiger partial charge in [0.05, 0.1) is 0 Å². The minimum atomic E-state index is -0.967. The maximum absolute atomic E-state index is 11.4. The van der Waals surface area contributed by atoms with Gasteiger partial charge in [-0.05, 0) is 12.1 Å². The normalized spacial score (nSPS) is 16.2. The van der Waals surface area contributed by atoms with Crippen LogP contribution in [0.3, 0.4) is 0 Å². The number of aromatic carboxylic acids is 1. The van der Waals surface area contributed by atoms with E-state index in [0.29, 0.717) is 18.0 Å². The van der Waals surface area contributed by atoms with E-state index in [1.54, 1.807) is 22.7 Å². The van der Waals surface area contributed by atoms with Gasteiger partial charge in [-0.1, -0.05) is 6.07 Å². The lowest BCUT2D eigenvalue weighted by Crippen LogP contribution is -2.36. The Kier molecular flexibility index (Phi) is 4.31. The van der Waals surface area contributed by atoms with E-state index in [0.717, 1.165) is 19.6 Å². The van der Waals surface area contributed by atoms with Crippen LogP contribution in [0.1, 0.15) is 10.5 Å². The minimum Gasteiger partial charge on any atom is -0.476 e. The van der Waals surface area contributed by atoms with Crippen LogP contribution < -0.4 is 5.32 Å². The van der Waals surface area contributed by atoms with E-state index in [2.05, 4.69) is 15.2 Å². The Labute approximate surface area is 127 Å². The molecule has 2 aromatic rings. The van der Waals surface area contributed by atoms with Gasteiger partial charge in [0.2, 0.25) is 0 Å². The van der Waals surface area contributed by atoms with Gasteiger partial charge in [0.1, 0.15) is 5.65 Å². The van der Waals surface area contributed by atoms with Crippen LogP contribution in [0, 0.1) is 0 Å². The highest BCUT2D eigenvalue weighted by Gasteiger charge is 2.18. The van der Waals surface area contributed by atoms with Crippen LogP contribution in [0.2, 0.25) is 0 Å². The molecule has 21 heavy (non-hydrogen) atoms. The number of thioether (sulfide) groups is 1. The molecule has 0 aliphatic carbocycles. The van der Waals surface area contributed by atoms with Gasteiger partial charge in [-0.2, -0.15) is 11.8 Å². The Hall–Kier alpha value is -1.73. The number of hydrogen-bond acceptors (Lipinski definition) is 5. The van der Waals surface area contributed by atoms with Crippen LogP contribution in [0.4, 0.5) is 5.82 Å². The topological polar surface area (TPSA) is 69.9 Å². The van der Waals surface area contributed by atoms with Crippen molar-refractivity contribution in [3.63, 3.8) is 0 Å². The Morgan fingerprint density at radius 2 is 2.19 bits per heavy atom. The second-order valence-electron chi connectivity index (χ2n) is 4.92. The summed E-state index contributed by atoms with van der Waals surface area (Å²) in [6, 6.07) is 5.46. The van der Waals surface area contributed by atoms with Gasteiger partial charge in [-0.3, -0.25) is 9.30 Å². The Bertz CT molecular complexity index is 637. The number of anilines is 1. The molecule has 1 aliphatic heterocycles. The number of fused-ring (bicyclic) bond motifs is 1. The van der Waals surface area contributed by atoms with Gasteiger partial charge in [-0.15, -0.1) is 0 Å². The molecule has 0 radical (unpaired) electrons. The number of hydrogen-bond donors (Lipinski definition) is 2. The number of nitrogens with one attached hydrogen (secondary N) is 1. The van der Waals surface area contributed by atoms with Crippen molar-refractivity contribution in [2.75, 3.05) is 43.0 Å². The highest BCUT2D eigenvalue weighted by molar-refractivity contribution is 7.99. The van der Waals surface area contributed by atoms with Crippen molar-refractivity contribution in [2.45, 2.75) is 0 Å². The molecule has 0 atom stereocenters. The summed E-state index contributed by atoms with van der Waals surface area (Å²) in [7, 11) is 0. The summed E-state index contributed by atoms with van der Waals surface area (Å²) < 4.78 is 1.60. The molecular formula is C14H18N4O2S.